The van der Waals surface area contributed by atoms with Crippen molar-refractivity contribution in [3.05, 3.63) is 29.8 Å². The topological polar surface area (TPSA) is 32.3 Å². The van der Waals surface area contributed by atoms with Gasteiger partial charge < -0.3 is 10.2 Å². The number of nitrogens with one attached hydrogen (secondary N) is 1. The molecule has 1 aliphatic rings. The van der Waals surface area contributed by atoms with E-state index in [2.05, 4.69) is 36.2 Å². The van der Waals surface area contributed by atoms with Gasteiger partial charge in [0.05, 0.1) is 5.75 Å². The molecule has 1 N–H and O–H groups in total. The first-order chi connectivity index (χ1) is 10.6. The molecule has 1 amide bonds. The van der Waals surface area contributed by atoms with E-state index in [0.717, 1.165) is 29.5 Å². The second-order valence-corrected chi connectivity index (χ2v) is 7.34. The Morgan fingerprint density at radius 1 is 1.32 bits per heavy atom. The van der Waals surface area contributed by atoms with Crippen LogP contribution in [0.3, 0.4) is 0 Å². The van der Waals surface area contributed by atoms with Crippen molar-refractivity contribution >= 4 is 39.9 Å². The fourth-order valence-corrected chi connectivity index (χ4v) is 3.50. The second-order valence-electron chi connectivity index (χ2n) is 5.73. The molecule has 0 aliphatic carbocycles. The number of anilines is 1. The highest BCUT2D eigenvalue weighted by Gasteiger charge is 2.16. The molecule has 1 aliphatic heterocycles. The largest absolute Gasteiger partial charge is 0.358 e. The minimum absolute atomic E-state index is 0.00263. The highest BCUT2D eigenvalue weighted by Crippen LogP contribution is 2.21. The van der Waals surface area contributed by atoms with Gasteiger partial charge in [0, 0.05) is 18.8 Å². The number of carbonyl (C=O) groups is 1. The van der Waals surface area contributed by atoms with Gasteiger partial charge in [-0.2, -0.15) is 0 Å². The standard InChI is InChI=1S/C17H24N2OS2/c1-3-13(2)14-6-8-15(9-7-14)18-16(20)12-22-17(21)19-10-4-5-11-19/h6-9,13H,3-5,10-12H2,1-2H3,(H,18,20)/t13-/m0/s1. The maximum absolute atomic E-state index is 12.0. The van der Waals surface area contributed by atoms with Gasteiger partial charge in [-0.1, -0.05) is 50.0 Å². The van der Waals surface area contributed by atoms with E-state index in [1.54, 1.807) is 0 Å². The maximum Gasteiger partial charge on any atom is 0.234 e. The smallest absolute Gasteiger partial charge is 0.234 e. The molecule has 120 valence electrons. The Morgan fingerprint density at radius 2 is 1.95 bits per heavy atom. The number of likely N-dealkylation sites (tertiary alicyclic amines) is 1. The Morgan fingerprint density at radius 3 is 2.55 bits per heavy atom. The molecule has 0 radical (unpaired) electrons. The van der Waals surface area contributed by atoms with Gasteiger partial charge in [0.1, 0.15) is 4.32 Å². The Labute approximate surface area is 142 Å². The summed E-state index contributed by atoms with van der Waals surface area (Å²) in [4.78, 5) is 14.2. The fourth-order valence-electron chi connectivity index (χ4n) is 2.45. The minimum atomic E-state index is 0.00263. The summed E-state index contributed by atoms with van der Waals surface area (Å²) >= 11 is 6.82. The van der Waals surface area contributed by atoms with Crippen molar-refractivity contribution in [2.75, 3.05) is 24.2 Å². The first-order valence-electron chi connectivity index (χ1n) is 7.91. The predicted octanol–water partition coefficient (Wildman–Crippen LogP) is 4.25. The van der Waals surface area contributed by atoms with Crippen LogP contribution in [0.4, 0.5) is 5.69 Å². The molecular weight excluding hydrogens is 312 g/mol. The van der Waals surface area contributed by atoms with E-state index in [1.807, 2.05) is 12.1 Å². The summed E-state index contributed by atoms with van der Waals surface area (Å²) in [5, 5.41) is 2.93. The van der Waals surface area contributed by atoms with Gasteiger partial charge in [-0.3, -0.25) is 4.79 Å². The third-order valence-electron chi connectivity index (χ3n) is 4.07. The average molecular weight is 337 g/mol. The van der Waals surface area contributed by atoms with Gasteiger partial charge in [0.25, 0.3) is 0 Å². The Hall–Kier alpha value is -1.07. The summed E-state index contributed by atoms with van der Waals surface area (Å²) in [6.07, 6.45) is 3.53. The SMILES string of the molecule is CC[C@H](C)c1ccc(NC(=O)CSC(=S)N2CCCC2)cc1. The monoisotopic (exact) mass is 336 g/mol. The molecule has 1 aromatic carbocycles. The van der Waals surface area contributed by atoms with Crippen LogP contribution in [0.1, 0.15) is 44.6 Å². The van der Waals surface area contributed by atoms with E-state index in [4.69, 9.17) is 12.2 Å². The molecule has 1 atom stereocenters. The van der Waals surface area contributed by atoms with Crippen molar-refractivity contribution < 1.29 is 4.79 Å². The van der Waals surface area contributed by atoms with E-state index < -0.39 is 0 Å². The normalized spacial score (nSPS) is 15.6. The Kier molecular flexibility index (Phi) is 6.70. The lowest BCUT2D eigenvalue weighted by atomic mass is 9.99. The molecule has 0 saturated carbocycles. The number of amides is 1. The summed E-state index contributed by atoms with van der Waals surface area (Å²) in [5.41, 5.74) is 2.16. The molecule has 5 heteroatoms. The van der Waals surface area contributed by atoms with Crippen LogP contribution in [-0.2, 0) is 4.79 Å². The average Bonchev–Trinajstić information content (AvgIpc) is 3.07. The summed E-state index contributed by atoms with van der Waals surface area (Å²) in [5.74, 6) is 0.934. The van der Waals surface area contributed by atoms with Crippen LogP contribution < -0.4 is 5.32 Å². The van der Waals surface area contributed by atoms with Crippen LogP contribution in [-0.4, -0.2) is 34.0 Å². The van der Waals surface area contributed by atoms with Crippen LogP contribution in [0.25, 0.3) is 0 Å². The highest BCUT2D eigenvalue weighted by atomic mass is 32.2. The highest BCUT2D eigenvalue weighted by molar-refractivity contribution is 8.23. The summed E-state index contributed by atoms with van der Waals surface area (Å²) in [6.45, 7) is 6.46. The zero-order valence-corrected chi connectivity index (χ0v) is 14.9. The fraction of sp³-hybridized carbons (Fsp3) is 0.529. The number of carbonyl (C=O) groups excluding carboxylic acids is 1. The van der Waals surface area contributed by atoms with Crippen molar-refractivity contribution in [3.8, 4) is 0 Å². The third kappa shape index (κ3) is 4.99. The van der Waals surface area contributed by atoms with Crippen molar-refractivity contribution in [3.63, 3.8) is 0 Å². The third-order valence-corrected chi connectivity index (χ3v) is 5.59. The molecule has 0 unspecified atom stereocenters. The van der Waals surface area contributed by atoms with Crippen molar-refractivity contribution in [1.29, 1.82) is 0 Å². The molecule has 0 bridgehead atoms. The number of hydrogen-bond donors (Lipinski definition) is 1. The van der Waals surface area contributed by atoms with Crippen molar-refractivity contribution in [2.45, 2.75) is 39.0 Å². The molecule has 0 spiro atoms. The van der Waals surface area contributed by atoms with Gasteiger partial charge in [-0.05, 0) is 42.9 Å². The molecule has 2 rings (SSSR count). The molecule has 1 aromatic rings. The quantitative estimate of drug-likeness (QED) is 0.815. The van der Waals surface area contributed by atoms with Gasteiger partial charge in [0.2, 0.25) is 5.91 Å². The predicted molar refractivity (Wildman–Crippen MR) is 99.6 cm³/mol. The molecule has 1 saturated heterocycles. The number of thioether (sulfide) groups is 1. The summed E-state index contributed by atoms with van der Waals surface area (Å²) in [6, 6.07) is 8.13. The van der Waals surface area contributed by atoms with Gasteiger partial charge in [-0.15, -0.1) is 0 Å². The van der Waals surface area contributed by atoms with E-state index in [9.17, 15) is 4.79 Å². The number of benzene rings is 1. The van der Waals surface area contributed by atoms with Crippen LogP contribution in [0.15, 0.2) is 24.3 Å². The number of hydrogen-bond acceptors (Lipinski definition) is 3. The summed E-state index contributed by atoms with van der Waals surface area (Å²) in [7, 11) is 0. The number of nitrogens with zero attached hydrogens (tertiary/aromatic N) is 1. The van der Waals surface area contributed by atoms with E-state index in [0.29, 0.717) is 11.7 Å². The first kappa shape index (κ1) is 17.3. The lowest BCUT2D eigenvalue weighted by Gasteiger charge is -2.17. The minimum Gasteiger partial charge on any atom is -0.358 e. The van der Waals surface area contributed by atoms with Gasteiger partial charge in [0.15, 0.2) is 0 Å². The van der Waals surface area contributed by atoms with Crippen LogP contribution in [0.5, 0.6) is 0 Å². The van der Waals surface area contributed by atoms with Gasteiger partial charge >= 0.3 is 0 Å². The van der Waals surface area contributed by atoms with Crippen LogP contribution in [0.2, 0.25) is 0 Å². The van der Waals surface area contributed by atoms with E-state index in [-0.39, 0.29) is 5.91 Å². The second kappa shape index (κ2) is 8.53. The van der Waals surface area contributed by atoms with Crippen LogP contribution in [0, 0.1) is 0 Å². The van der Waals surface area contributed by atoms with Gasteiger partial charge in [-0.25, -0.2) is 0 Å². The number of rotatable bonds is 5. The Balaban J connectivity index is 1.77. The van der Waals surface area contributed by atoms with Crippen molar-refractivity contribution in [1.82, 2.24) is 4.90 Å². The molecule has 0 aromatic heterocycles. The van der Waals surface area contributed by atoms with Crippen LogP contribution >= 0.6 is 24.0 Å². The molecule has 3 nitrogen and oxygen atoms in total. The Bertz CT molecular complexity index is 510. The molecule has 1 heterocycles. The maximum atomic E-state index is 12.0. The molecular formula is C17H24N2OS2. The lowest BCUT2D eigenvalue weighted by molar-refractivity contribution is -0.113. The van der Waals surface area contributed by atoms with Crippen molar-refractivity contribution in [2.24, 2.45) is 0 Å². The first-order valence-corrected chi connectivity index (χ1v) is 9.31. The molecule has 22 heavy (non-hydrogen) atoms. The van der Waals surface area contributed by atoms with E-state index in [1.165, 1.54) is 30.2 Å². The lowest BCUT2D eigenvalue weighted by Crippen LogP contribution is -2.25. The zero-order chi connectivity index (χ0) is 15.9. The summed E-state index contributed by atoms with van der Waals surface area (Å²) < 4.78 is 0.847. The number of thiocarbonyl (C=S) groups is 1. The van der Waals surface area contributed by atoms with E-state index >= 15 is 0 Å². The zero-order valence-electron chi connectivity index (χ0n) is 13.3. The molecule has 1 fully saturated rings.